The van der Waals surface area contributed by atoms with Gasteiger partial charge < -0.3 is 5.73 Å². The van der Waals surface area contributed by atoms with E-state index in [1.54, 1.807) is 0 Å². The Bertz CT molecular complexity index is 650. The minimum Gasteiger partial charge on any atom is -0.399 e. The molecule has 0 aliphatic rings. The molecule has 0 fully saturated rings. The molecule has 112 valence electrons. The van der Waals surface area contributed by atoms with E-state index in [-0.39, 0.29) is 17.0 Å². The Morgan fingerprint density at radius 2 is 1.76 bits per heavy atom. The molecule has 0 saturated heterocycles. The lowest BCUT2D eigenvalue weighted by molar-refractivity contribution is -0.138. The molecule has 2 aromatic rings. The molecule has 2 rings (SSSR count). The predicted molar refractivity (Wildman–Crippen MR) is 81.3 cm³/mol. The number of thioether (sulfide) groups is 1. The van der Waals surface area contributed by atoms with Gasteiger partial charge in [-0.3, -0.25) is 0 Å². The van der Waals surface area contributed by atoms with Gasteiger partial charge in [0.2, 0.25) is 0 Å². The van der Waals surface area contributed by atoms with E-state index in [0.717, 1.165) is 22.1 Å². The van der Waals surface area contributed by atoms with Crippen molar-refractivity contribution in [1.82, 2.24) is 0 Å². The van der Waals surface area contributed by atoms with Crippen LogP contribution in [-0.4, -0.2) is 0 Å². The number of rotatable bonds is 3. The number of nitrogen functional groups attached to an aromatic ring is 1. The SMILES string of the molecule is Cc1ccc(SCc2ccc(N)cc2C(F)(F)F)c(C)c1. The molecule has 0 atom stereocenters. The molecule has 0 bridgehead atoms. The molecule has 2 aromatic carbocycles. The van der Waals surface area contributed by atoms with Crippen molar-refractivity contribution in [1.29, 1.82) is 0 Å². The van der Waals surface area contributed by atoms with Crippen LogP contribution in [-0.2, 0) is 11.9 Å². The molecular formula is C16H16F3NS. The van der Waals surface area contributed by atoms with Gasteiger partial charge in [0.15, 0.2) is 0 Å². The number of hydrogen-bond acceptors (Lipinski definition) is 2. The third-order valence-electron chi connectivity index (χ3n) is 3.15. The van der Waals surface area contributed by atoms with Crippen LogP contribution in [0, 0.1) is 13.8 Å². The molecule has 0 aliphatic carbocycles. The highest BCUT2D eigenvalue weighted by atomic mass is 32.2. The van der Waals surface area contributed by atoms with Gasteiger partial charge in [-0.1, -0.05) is 23.8 Å². The highest BCUT2D eigenvalue weighted by Crippen LogP contribution is 2.36. The van der Waals surface area contributed by atoms with Crippen LogP contribution in [0.1, 0.15) is 22.3 Å². The summed E-state index contributed by atoms with van der Waals surface area (Å²) in [4.78, 5) is 0.991. The number of anilines is 1. The van der Waals surface area contributed by atoms with Crippen molar-refractivity contribution in [3.63, 3.8) is 0 Å². The van der Waals surface area contributed by atoms with Crippen LogP contribution in [0.3, 0.4) is 0 Å². The largest absolute Gasteiger partial charge is 0.416 e. The van der Waals surface area contributed by atoms with E-state index in [1.165, 1.54) is 23.9 Å². The van der Waals surface area contributed by atoms with Crippen LogP contribution in [0.15, 0.2) is 41.3 Å². The van der Waals surface area contributed by atoms with Crippen molar-refractivity contribution in [2.24, 2.45) is 0 Å². The summed E-state index contributed by atoms with van der Waals surface area (Å²) in [5.74, 6) is 0.263. The summed E-state index contributed by atoms with van der Waals surface area (Å²) in [5.41, 5.74) is 7.40. The zero-order valence-corrected chi connectivity index (χ0v) is 12.6. The van der Waals surface area contributed by atoms with E-state index < -0.39 is 11.7 Å². The number of halogens is 3. The van der Waals surface area contributed by atoms with Crippen LogP contribution in [0.2, 0.25) is 0 Å². The average Bonchev–Trinajstić information content (AvgIpc) is 2.38. The first-order valence-electron chi connectivity index (χ1n) is 6.43. The van der Waals surface area contributed by atoms with Gasteiger partial charge in [-0.2, -0.15) is 13.2 Å². The molecule has 2 N–H and O–H groups in total. The summed E-state index contributed by atoms with van der Waals surface area (Å²) in [7, 11) is 0. The lowest BCUT2D eigenvalue weighted by Gasteiger charge is -2.14. The Kier molecular flexibility index (Phi) is 4.52. The highest BCUT2D eigenvalue weighted by Gasteiger charge is 2.33. The van der Waals surface area contributed by atoms with Gasteiger partial charge in [0.25, 0.3) is 0 Å². The third-order valence-corrected chi connectivity index (χ3v) is 4.38. The highest BCUT2D eigenvalue weighted by molar-refractivity contribution is 7.98. The van der Waals surface area contributed by atoms with Gasteiger partial charge in [0.1, 0.15) is 0 Å². The predicted octanol–water partition coefficient (Wildman–Crippen LogP) is 5.20. The quantitative estimate of drug-likeness (QED) is 0.623. The second-order valence-electron chi connectivity index (χ2n) is 4.97. The van der Waals surface area contributed by atoms with Crippen molar-refractivity contribution in [2.45, 2.75) is 30.7 Å². The minimum atomic E-state index is -4.38. The van der Waals surface area contributed by atoms with Gasteiger partial charge in [0.05, 0.1) is 5.56 Å². The van der Waals surface area contributed by atoms with E-state index in [1.807, 2.05) is 32.0 Å². The van der Waals surface area contributed by atoms with Crippen LogP contribution < -0.4 is 5.73 Å². The van der Waals surface area contributed by atoms with Crippen LogP contribution >= 0.6 is 11.8 Å². The fourth-order valence-corrected chi connectivity index (χ4v) is 3.11. The van der Waals surface area contributed by atoms with Crippen molar-refractivity contribution in [2.75, 3.05) is 5.73 Å². The van der Waals surface area contributed by atoms with E-state index in [4.69, 9.17) is 5.73 Å². The molecule has 0 saturated carbocycles. The third kappa shape index (κ3) is 3.94. The van der Waals surface area contributed by atoms with Crippen LogP contribution in [0.25, 0.3) is 0 Å². The maximum absolute atomic E-state index is 13.0. The zero-order chi connectivity index (χ0) is 15.6. The number of alkyl halides is 3. The van der Waals surface area contributed by atoms with Crippen molar-refractivity contribution < 1.29 is 13.2 Å². The Morgan fingerprint density at radius 1 is 1.05 bits per heavy atom. The number of nitrogens with two attached hydrogens (primary N) is 1. The standard InChI is InChI=1S/C16H16F3NS/c1-10-3-6-15(11(2)7-10)21-9-12-4-5-13(20)8-14(12)16(17,18)19/h3-8H,9,20H2,1-2H3. The first-order valence-corrected chi connectivity index (χ1v) is 7.41. The fraction of sp³-hybridized carbons (Fsp3) is 0.250. The topological polar surface area (TPSA) is 26.0 Å². The van der Waals surface area contributed by atoms with Crippen LogP contribution in [0.5, 0.6) is 0 Å². The zero-order valence-electron chi connectivity index (χ0n) is 11.8. The fourth-order valence-electron chi connectivity index (χ4n) is 2.10. The lowest BCUT2D eigenvalue weighted by Crippen LogP contribution is -2.09. The summed E-state index contributed by atoms with van der Waals surface area (Å²) in [5, 5.41) is 0. The normalized spacial score (nSPS) is 11.7. The van der Waals surface area contributed by atoms with Gasteiger partial charge in [-0.05, 0) is 43.2 Å². The molecule has 0 heterocycles. The van der Waals surface area contributed by atoms with Gasteiger partial charge in [-0.25, -0.2) is 0 Å². The molecule has 0 spiro atoms. The van der Waals surface area contributed by atoms with E-state index >= 15 is 0 Å². The van der Waals surface area contributed by atoms with Crippen molar-refractivity contribution in [3.8, 4) is 0 Å². The summed E-state index contributed by atoms with van der Waals surface area (Å²) in [6.45, 7) is 3.95. The second kappa shape index (κ2) is 6.02. The average molecular weight is 311 g/mol. The monoisotopic (exact) mass is 311 g/mol. The maximum Gasteiger partial charge on any atom is 0.416 e. The second-order valence-corrected chi connectivity index (χ2v) is 5.99. The Hall–Kier alpha value is -1.62. The molecule has 5 heteroatoms. The Labute approximate surface area is 126 Å². The first kappa shape index (κ1) is 15.8. The summed E-state index contributed by atoms with van der Waals surface area (Å²) >= 11 is 1.40. The smallest absolute Gasteiger partial charge is 0.399 e. The molecule has 1 nitrogen and oxygen atoms in total. The lowest BCUT2D eigenvalue weighted by atomic mass is 10.1. The molecule has 21 heavy (non-hydrogen) atoms. The first-order chi connectivity index (χ1) is 9.77. The molecule has 0 aliphatic heterocycles. The number of aryl methyl sites for hydroxylation is 2. The summed E-state index contributed by atoms with van der Waals surface area (Å²) < 4.78 is 39.1. The Balaban J connectivity index is 2.24. The van der Waals surface area contributed by atoms with Gasteiger partial charge in [0, 0.05) is 16.3 Å². The van der Waals surface area contributed by atoms with E-state index in [9.17, 15) is 13.2 Å². The minimum absolute atomic E-state index is 0.127. The summed E-state index contributed by atoms with van der Waals surface area (Å²) in [6, 6.07) is 9.89. The van der Waals surface area contributed by atoms with Gasteiger partial charge >= 0.3 is 6.18 Å². The summed E-state index contributed by atoms with van der Waals surface area (Å²) in [6.07, 6.45) is -4.38. The van der Waals surface area contributed by atoms with Gasteiger partial charge in [-0.15, -0.1) is 11.8 Å². The number of benzene rings is 2. The number of hydrogen-bond donors (Lipinski definition) is 1. The molecular weight excluding hydrogens is 295 g/mol. The molecule has 0 amide bonds. The maximum atomic E-state index is 13.0. The van der Waals surface area contributed by atoms with Crippen LogP contribution in [0.4, 0.5) is 18.9 Å². The van der Waals surface area contributed by atoms with Crippen molar-refractivity contribution in [3.05, 3.63) is 58.7 Å². The van der Waals surface area contributed by atoms with Crippen molar-refractivity contribution >= 4 is 17.4 Å². The Morgan fingerprint density at radius 3 is 2.38 bits per heavy atom. The van der Waals surface area contributed by atoms with E-state index in [2.05, 4.69) is 0 Å². The van der Waals surface area contributed by atoms with E-state index in [0.29, 0.717) is 0 Å². The molecule has 0 radical (unpaired) electrons. The molecule has 0 aromatic heterocycles. The molecule has 0 unspecified atom stereocenters.